The molecule has 0 saturated carbocycles. The van der Waals surface area contributed by atoms with E-state index in [1.165, 1.54) is 66.4 Å². The van der Waals surface area contributed by atoms with E-state index in [-0.39, 0.29) is 11.6 Å². The highest BCUT2D eigenvalue weighted by molar-refractivity contribution is 6.14. The summed E-state index contributed by atoms with van der Waals surface area (Å²) in [5, 5.41) is 2.43. The molecular weight excluding hydrogens is 789 g/mol. The van der Waals surface area contributed by atoms with Gasteiger partial charge in [0.05, 0.1) is 11.0 Å². The molecule has 1 aliphatic carbocycles. The van der Waals surface area contributed by atoms with Crippen molar-refractivity contribution < 1.29 is 0 Å². The molecule has 2 heterocycles. The molecule has 0 fully saturated rings. The summed E-state index contributed by atoms with van der Waals surface area (Å²) < 4.78 is 2.38. The van der Waals surface area contributed by atoms with Crippen LogP contribution in [0.15, 0.2) is 228 Å². The van der Waals surface area contributed by atoms with Gasteiger partial charge < -0.3 is 9.47 Å². The van der Waals surface area contributed by atoms with Gasteiger partial charge in [0, 0.05) is 40.0 Å². The van der Waals surface area contributed by atoms with Crippen molar-refractivity contribution in [3.63, 3.8) is 0 Å². The van der Waals surface area contributed by atoms with Crippen LogP contribution >= 0.6 is 0 Å². The standard InChI is InChI=1S/C61H46N4/c1-61(2)54-23-12-10-21-50(54)51-35-33-47(39-55(51)61)43-27-25-42(26-28-43)46-34-36-57-53(38-46)52-22-11-13-24-56(52)65(57)49-20-14-19-48(37-49)58-62-59(44-17-8-5-9-18-44)64(3)60(63-58)45-31-29-41(30-32-45)40-15-6-4-7-16-40/h4-39,59H,1-3H3. The van der Waals surface area contributed by atoms with E-state index in [0.717, 1.165) is 39.2 Å². The van der Waals surface area contributed by atoms with Crippen molar-refractivity contribution in [2.75, 3.05) is 7.05 Å². The summed E-state index contributed by atoms with van der Waals surface area (Å²) in [6, 6.07) is 78.9. The van der Waals surface area contributed by atoms with E-state index in [2.05, 4.69) is 249 Å². The van der Waals surface area contributed by atoms with Gasteiger partial charge in [0.2, 0.25) is 0 Å². The van der Waals surface area contributed by atoms with E-state index >= 15 is 0 Å². The SMILES string of the molecule is CN1C(c2ccc(-c3ccccc3)cc2)=NC(c2cccc(-n3c4ccccc4c4cc(-c5ccc(-c6ccc7c(c6)C(C)(C)c6ccccc6-7)cc5)ccc43)c2)=NC1c1ccccc1. The number of aromatic nitrogens is 1. The minimum Gasteiger partial charge on any atom is -0.333 e. The highest BCUT2D eigenvalue weighted by Gasteiger charge is 2.35. The minimum absolute atomic E-state index is 0.0294. The van der Waals surface area contributed by atoms with Gasteiger partial charge in [-0.25, -0.2) is 9.98 Å². The molecule has 2 aliphatic rings. The summed E-state index contributed by atoms with van der Waals surface area (Å²) in [5.74, 6) is 1.59. The minimum atomic E-state index is -0.240. The molecule has 65 heavy (non-hydrogen) atoms. The van der Waals surface area contributed by atoms with Gasteiger partial charge in [-0.3, -0.25) is 0 Å². The average molecular weight is 835 g/mol. The van der Waals surface area contributed by atoms with Crippen LogP contribution in [-0.2, 0) is 5.41 Å². The number of hydrogen-bond donors (Lipinski definition) is 0. The molecule has 10 aromatic rings. The first-order valence-electron chi connectivity index (χ1n) is 22.5. The second kappa shape index (κ2) is 15.3. The van der Waals surface area contributed by atoms with E-state index < -0.39 is 0 Å². The lowest BCUT2D eigenvalue weighted by molar-refractivity contribution is 0.383. The van der Waals surface area contributed by atoms with Crippen molar-refractivity contribution in [3.8, 4) is 50.2 Å². The smallest absolute Gasteiger partial charge is 0.159 e. The van der Waals surface area contributed by atoms with Gasteiger partial charge in [0.25, 0.3) is 0 Å². The Hall–Kier alpha value is -8.08. The fourth-order valence-corrected chi connectivity index (χ4v) is 10.3. The molecule has 0 radical (unpaired) electrons. The summed E-state index contributed by atoms with van der Waals surface area (Å²) in [6.45, 7) is 4.69. The van der Waals surface area contributed by atoms with Crippen molar-refractivity contribution in [1.82, 2.24) is 9.47 Å². The Morgan fingerprint density at radius 2 is 0.969 bits per heavy atom. The summed E-state index contributed by atoms with van der Waals surface area (Å²) in [4.78, 5) is 12.8. The van der Waals surface area contributed by atoms with Crippen LogP contribution in [0, 0.1) is 0 Å². The molecule has 1 unspecified atom stereocenters. The first-order valence-corrected chi connectivity index (χ1v) is 22.5. The maximum absolute atomic E-state index is 5.34. The Bertz CT molecular complexity index is 3500. The van der Waals surface area contributed by atoms with Gasteiger partial charge in [-0.1, -0.05) is 196 Å². The van der Waals surface area contributed by atoms with Crippen molar-refractivity contribution >= 4 is 33.5 Å². The third kappa shape index (κ3) is 6.52. The second-order valence-corrected chi connectivity index (χ2v) is 17.9. The fourth-order valence-electron chi connectivity index (χ4n) is 10.3. The van der Waals surface area contributed by atoms with Crippen LogP contribution in [-0.4, -0.2) is 28.2 Å². The Labute approximate surface area is 380 Å². The number of aliphatic imine (C=N–C) groups is 2. The fraction of sp³-hybridized carbons (Fsp3) is 0.0820. The zero-order chi connectivity index (χ0) is 43.6. The first-order chi connectivity index (χ1) is 31.9. The van der Waals surface area contributed by atoms with Crippen LogP contribution in [0.3, 0.4) is 0 Å². The number of rotatable bonds is 7. The van der Waals surface area contributed by atoms with Crippen molar-refractivity contribution in [2.45, 2.75) is 25.4 Å². The van der Waals surface area contributed by atoms with Crippen LogP contribution in [0.2, 0.25) is 0 Å². The summed E-state index contributed by atoms with van der Waals surface area (Å²) in [6.07, 6.45) is -0.240. The number of amidine groups is 2. The molecule has 0 spiro atoms. The maximum atomic E-state index is 5.34. The Kier molecular flexibility index (Phi) is 9.09. The molecule has 1 aliphatic heterocycles. The molecule has 1 aromatic heterocycles. The molecule has 0 saturated heterocycles. The van der Waals surface area contributed by atoms with Gasteiger partial charge >= 0.3 is 0 Å². The maximum Gasteiger partial charge on any atom is 0.159 e. The zero-order valence-corrected chi connectivity index (χ0v) is 36.7. The van der Waals surface area contributed by atoms with E-state index in [9.17, 15) is 0 Å². The van der Waals surface area contributed by atoms with Crippen molar-refractivity contribution in [1.29, 1.82) is 0 Å². The Balaban J connectivity index is 0.897. The van der Waals surface area contributed by atoms with Crippen molar-refractivity contribution in [2.24, 2.45) is 9.98 Å². The number of hydrogen-bond acceptors (Lipinski definition) is 3. The van der Waals surface area contributed by atoms with Crippen LogP contribution in [0.1, 0.15) is 47.8 Å². The summed E-state index contributed by atoms with van der Waals surface area (Å²) >= 11 is 0. The van der Waals surface area contributed by atoms with E-state index in [0.29, 0.717) is 5.84 Å². The number of fused-ring (bicyclic) bond motifs is 6. The monoisotopic (exact) mass is 834 g/mol. The summed E-state index contributed by atoms with van der Waals surface area (Å²) in [7, 11) is 2.09. The van der Waals surface area contributed by atoms with Crippen molar-refractivity contribution in [3.05, 3.63) is 246 Å². The normalized spacial score (nSPS) is 15.1. The van der Waals surface area contributed by atoms with Gasteiger partial charge in [0.1, 0.15) is 12.0 Å². The molecule has 9 aromatic carbocycles. The lowest BCUT2D eigenvalue weighted by Gasteiger charge is -2.32. The van der Waals surface area contributed by atoms with Gasteiger partial charge in [-0.15, -0.1) is 0 Å². The third-order valence-electron chi connectivity index (χ3n) is 13.7. The Morgan fingerprint density at radius 1 is 0.415 bits per heavy atom. The Morgan fingerprint density at radius 3 is 1.74 bits per heavy atom. The molecular formula is C61H46N4. The van der Waals surface area contributed by atoms with Gasteiger partial charge in [0.15, 0.2) is 5.84 Å². The number of benzene rings is 9. The lowest BCUT2D eigenvalue weighted by atomic mass is 9.81. The van der Waals surface area contributed by atoms with E-state index in [4.69, 9.17) is 9.98 Å². The molecule has 0 N–H and O–H groups in total. The zero-order valence-electron chi connectivity index (χ0n) is 36.7. The first kappa shape index (κ1) is 38.6. The highest BCUT2D eigenvalue weighted by Crippen LogP contribution is 2.49. The van der Waals surface area contributed by atoms with Crippen LogP contribution in [0.25, 0.3) is 72.0 Å². The topological polar surface area (TPSA) is 32.9 Å². The van der Waals surface area contributed by atoms with E-state index in [1.54, 1.807) is 0 Å². The largest absolute Gasteiger partial charge is 0.333 e. The number of nitrogens with zero attached hydrogens (tertiary/aromatic N) is 4. The van der Waals surface area contributed by atoms with Crippen LogP contribution < -0.4 is 0 Å². The van der Waals surface area contributed by atoms with Gasteiger partial charge in [-0.05, 0) is 97.6 Å². The molecule has 0 bridgehead atoms. The third-order valence-corrected chi connectivity index (χ3v) is 13.7. The molecule has 1 atom stereocenters. The van der Waals surface area contributed by atoms with E-state index in [1.807, 2.05) is 0 Å². The quantitative estimate of drug-likeness (QED) is 0.157. The highest BCUT2D eigenvalue weighted by atomic mass is 15.3. The predicted octanol–water partition coefficient (Wildman–Crippen LogP) is 14.9. The van der Waals surface area contributed by atoms with Gasteiger partial charge in [-0.2, -0.15) is 0 Å². The molecule has 4 heteroatoms. The molecule has 4 nitrogen and oxygen atoms in total. The summed E-state index contributed by atoms with van der Waals surface area (Å²) in [5.41, 5.74) is 19.2. The lowest BCUT2D eigenvalue weighted by Crippen LogP contribution is -2.35. The molecule has 310 valence electrons. The second-order valence-electron chi connectivity index (χ2n) is 17.9. The molecule has 0 amide bonds. The van der Waals surface area contributed by atoms with Crippen LogP contribution in [0.4, 0.5) is 0 Å². The van der Waals surface area contributed by atoms with Crippen LogP contribution in [0.5, 0.6) is 0 Å². The average Bonchev–Trinajstić information content (AvgIpc) is 3.82. The predicted molar refractivity (Wildman–Crippen MR) is 271 cm³/mol. The number of para-hydroxylation sites is 1. The molecule has 12 rings (SSSR count).